The van der Waals surface area contributed by atoms with Crippen LogP contribution in [0.2, 0.25) is 0 Å². The van der Waals surface area contributed by atoms with Crippen LogP contribution < -0.4 is 19.5 Å². The number of ether oxygens (including phenoxy) is 3. The molecule has 0 saturated carbocycles. The van der Waals surface area contributed by atoms with Crippen LogP contribution in [0.4, 0.5) is 6.01 Å². The molecule has 0 radical (unpaired) electrons. The third-order valence-electron chi connectivity index (χ3n) is 2.55. The van der Waals surface area contributed by atoms with E-state index in [9.17, 15) is 0 Å². The van der Waals surface area contributed by atoms with Crippen molar-refractivity contribution in [3.05, 3.63) is 12.1 Å². The first-order valence-electron chi connectivity index (χ1n) is 5.55. The molecule has 0 saturated heterocycles. The second-order valence-corrected chi connectivity index (χ2v) is 3.58. The van der Waals surface area contributed by atoms with E-state index < -0.39 is 0 Å². The fourth-order valence-corrected chi connectivity index (χ4v) is 1.65. The fraction of sp³-hybridized carbons (Fsp3) is 0.333. The molecule has 0 spiro atoms. The van der Waals surface area contributed by atoms with Crippen LogP contribution in [0, 0.1) is 0 Å². The van der Waals surface area contributed by atoms with Crippen molar-refractivity contribution < 1.29 is 18.6 Å². The summed E-state index contributed by atoms with van der Waals surface area (Å²) >= 11 is 0. The largest absolute Gasteiger partial charge is 0.493 e. The maximum atomic E-state index is 5.41. The number of nitrogens with one attached hydrogen (secondary N) is 1. The van der Waals surface area contributed by atoms with Crippen molar-refractivity contribution in [1.82, 2.24) is 10.2 Å². The summed E-state index contributed by atoms with van der Waals surface area (Å²) in [6.07, 6.45) is 0. The predicted molar refractivity (Wildman–Crippen MR) is 68.9 cm³/mol. The van der Waals surface area contributed by atoms with Crippen LogP contribution in [-0.4, -0.2) is 38.6 Å². The van der Waals surface area contributed by atoms with E-state index in [1.54, 1.807) is 40.5 Å². The van der Waals surface area contributed by atoms with Crippen molar-refractivity contribution in [2.24, 2.45) is 0 Å². The summed E-state index contributed by atoms with van der Waals surface area (Å²) in [7, 11) is 6.35. The molecule has 0 aliphatic rings. The van der Waals surface area contributed by atoms with Gasteiger partial charge in [-0.1, -0.05) is 5.10 Å². The Morgan fingerprint density at radius 3 is 2.05 bits per heavy atom. The highest BCUT2D eigenvalue weighted by molar-refractivity contribution is 5.65. The molecule has 0 aliphatic carbocycles. The molecule has 0 atom stereocenters. The topological polar surface area (TPSA) is 78.6 Å². The number of hydrogen-bond acceptors (Lipinski definition) is 7. The summed E-state index contributed by atoms with van der Waals surface area (Å²) < 4.78 is 21.2. The normalized spacial score (nSPS) is 10.1. The Kier molecular flexibility index (Phi) is 3.74. The molecule has 2 aromatic rings. The molecular formula is C12H15N3O4. The van der Waals surface area contributed by atoms with Crippen LogP contribution in [0.1, 0.15) is 0 Å². The Bertz CT molecular complexity index is 543. The van der Waals surface area contributed by atoms with E-state index >= 15 is 0 Å². The average molecular weight is 265 g/mol. The Morgan fingerprint density at radius 1 is 1.00 bits per heavy atom. The Hall–Kier alpha value is -2.44. The van der Waals surface area contributed by atoms with E-state index in [0.29, 0.717) is 34.7 Å². The molecule has 1 aromatic heterocycles. The molecule has 0 bridgehead atoms. The minimum Gasteiger partial charge on any atom is -0.493 e. The number of benzene rings is 1. The monoisotopic (exact) mass is 265 g/mol. The minimum atomic E-state index is 0.337. The molecule has 0 unspecified atom stereocenters. The van der Waals surface area contributed by atoms with Gasteiger partial charge < -0.3 is 23.9 Å². The van der Waals surface area contributed by atoms with Crippen molar-refractivity contribution in [2.45, 2.75) is 0 Å². The molecule has 0 fully saturated rings. The van der Waals surface area contributed by atoms with Gasteiger partial charge >= 0.3 is 6.01 Å². The van der Waals surface area contributed by atoms with Gasteiger partial charge in [-0.05, 0) is 12.1 Å². The van der Waals surface area contributed by atoms with Crippen LogP contribution in [0.25, 0.3) is 11.5 Å². The minimum absolute atomic E-state index is 0.337. The average Bonchev–Trinajstić information content (AvgIpc) is 2.94. The molecule has 1 heterocycles. The van der Waals surface area contributed by atoms with E-state index in [0.717, 1.165) is 0 Å². The SMILES string of the molecule is CNc1nnc(-c2cc(OC)c(OC)c(OC)c2)o1. The zero-order chi connectivity index (χ0) is 13.8. The van der Waals surface area contributed by atoms with Crippen LogP contribution >= 0.6 is 0 Å². The molecular weight excluding hydrogens is 250 g/mol. The first-order chi connectivity index (χ1) is 9.23. The van der Waals surface area contributed by atoms with Crippen LogP contribution in [-0.2, 0) is 0 Å². The first-order valence-corrected chi connectivity index (χ1v) is 5.55. The predicted octanol–water partition coefficient (Wildman–Crippen LogP) is 1.80. The van der Waals surface area contributed by atoms with E-state index in [1.807, 2.05) is 0 Å². The highest BCUT2D eigenvalue weighted by atomic mass is 16.5. The summed E-state index contributed by atoms with van der Waals surface area (Å²) in [4.78, 5) is 0. The Balaban J connectivity index is 2.51. The highest BCUT2D eigenvalue weighted by Crippen LogP contribution is 2.40. The van der Waals surface area contributed by atoms with Crippen LogP contribution in [0.15, 0.2) is 16.5 Å². The molecule has 0 aliphatic heterocycles. The summed E-state index contributed by atoms with van der Waals surface area (Å²) in [5.74, 6) is 1.94. The lowest BCUT2D eigenvalue weighted by molar-refractivity contribution is 0.324. The number of hydrogen-bond donors (Lipinski definition) is 1. The summed E-state index contributed by atoms with van der Waals surface area (Å²) in [6, 6.07) is 3.83. The molecule has 1 aromatic carbocycles. The van der Waals surface area contributed by atoms with Gasteiger partial charge in [0.15, 0.2) is 11.5 Å². The van der Waals surface area contributed by atoms with Gasteiger partial charge in [0.2, 0.25) is 11.6 Å². The van der Waals surface area contributed by atoms with Gasteiger partial charge in [0.25, 0.3) is 0 Å². The zero-order valence-electron chi connectivity index (χ0n) is 11.2. The third-order valence-corrected chi connectivity index (χ3v) is 2.55. The molecule has 7 nitrogen and oxygen atoms in total. The lowest BCUT2D eigenvalue weighted by atomic mass is 10.2. The molecule has 7 heteroatoms. The van der Waals surface area contributed by atoms with E-state index in [1.165, 1.54) is 0 Å². The lowest BCUT2D eigenvalue weighted by Gasteiger charge is -2.12. The van der Waals surface area contributed by atoms with Gasteiger partial charge in [-0.2, -0.15) is 0 Å². The molecule has 102 valence electrons. The second-order valence-electron chi connectivity index (χ2n) is 3.58. The molecule has 19 heavy (non-hydrogen) atoms. The zero-order valence-corrected chi connectivity index (χ0v) is 11.2. The smallest absolute Gasteiger partial charge is 0.315 e. The molecule has 0 amide bonds. The van der Waals surface area contributed by atoms with Crippen molar-refractivity contribution in [2.75, 3.05) is 33.7 Å². The Labute approximate surface area is 110 Å². The van der Waals surface area contributed by atoms with Crippen molar-refractivity contribution in [3.8, 4) is 28.7 Å². The number of nitrogens with zero attached hydrogens (tertiary/aromatic N) is 2. The summed E-state index contributed by atoms with van der Waals surface area (Å²) in [5, 5.41) is 10.5. The van der Waals surface area contributed by atoms with E-state index in [4.69, 9.17) is 18.6 Å². The highest BCUT2D eigenvalue weighted by Gasteiger charge is 2.17. The van der Waals surface area contributed by atoms with E-state index in [2.05, 4.69) is 15.5 Å². The fourth-order valence-electron chi connectivity index (χ4n) is 1.65. The molecule has 1 N–H and O–H groups in total. The van der Waals surface area contributed by atoms with Gasteiger partial charge in [0.05, 0.1) is 21.3 Å². The number of aromatic nitrogens is 2. The quantitative estimate of drug-likeness (QED) is 0.883. The maximum absolute atomic E-state index is 5.41. The maximum Gasteiger partial charge on any atom is 0.315 e. The summed E-state index contributed by atoms with van der Waals surface area (Å²) in [5.41, 5.74) is 0.684. The number of methoxy groups -OCH3 is 3. The van der Waals surface area contributed by atoms with Crippen molar-refractivity contribution in [1.29, 1.82) is 0 Å². The summed E-state index contributed by atoms with van der Waals surface area (Å²) in [6.45, 7) is 0. The van der Waals surface area contributed by atoms with Gasteiger partial charge in [-0.3, -0.25) is 0 Å². The van der Waals surface area contributed by atoms with Crippen LogP contribution in [0.3, 0.4) is 0 Å². The first kappa shape index (κ1) is 13.0. The van der Waals surface area contributed by atoms with Gasteiger partial charge in [-0.25, -0.2) is 0 Å². The third kappa shape index (κ3) is 2.40. The van der Waals surface area contributed by atoms with Crippen LogP contribution in [0.5, 0.6) is 17.2 Å². The van der Waals surface area contributed by atoms with E-state index in [-0.39, 0.29) is 0 Å². The lowest BCUT2D eigenvalue weighted by Crippen LogP contribution is -1.95. The van der Waals surface area contributed by atoms with Gasteiger partial charge in [-0.15, -0.1) is 5.10 Å². The second kappa shape index (κ2) is 5.47. The molecule has 2 rings (SSSR count). The standard InChI is InChI=1S/C12H15N3O4/c1-13-12-15-14-11(19-12)7-5-8(16-2)10(18-4)9(6-7)17-3/h5-6H,1-4H3,(H,13,15). The van der Waals surface area contributed by atoms with Crippen molar-refractivity contribution >= 4 is 6.01 Å². The number of rotatable bonds is 5. The Morgan fingerprint density at radius 2 is 1.63 bits per heavy atom. The number of anilines is 1. The van der Waals surface area contributed by atoms with Crippen molar-refractivity contribution in [3.63, 3.8) is 0 Å². The van der Waals surface area contributed by atoms with Gasteiger partial charge in [0.1, 0.15) is 0 Å². The van der Waals surface area contributed by atoms with Gasteiger partial charge in [0, 0.05) is 12.6 Å².